The molecule has 0 saturated carbocycles. The number of ether oxygens (including phenoxy) is 1. The third kappa shape index (κ3) is 3.48. The Kier molecular flexibility index (Phi) is 5.62. The number of rotatable bonds is 4. The van der Waals surface area contributed by atoms with Gasteiger partial charge < -0.3 is 10.1 Å². The predicted molar refractivity (Wildman–Crippen MR) is 77.5 cm³/mol. The van der Waals surface area contributed by atoms with Crippen LogP contribution < -0.4 is 5.32 Å². The third-order valence-corrected chi connectivity index (χ3v) is 4.66. The summed E-state index contributed by atoms with van der Waals surface area (Å²) in [7, 11) is 0. The minimum atomic E-state index is -0.551. The summed E-state index contributed by atoms with van der Waals surface area (Å²) in [5, 5.41) is 3.14. The average molecular weight is 352 g/mol. The van der Waals surface area contributed by atoms with Crippen LogP contribution in [0.2, 0.25) is 0 Å². The fourth-order valence-corrected chi connectivity index (χ4v) is 3.41. The zero-order valence-corrected chi connectivity index (χ0v) is 13.0. The third-order valence-electron chi connectivity index (χ3n) is 3.03. The Hall–Kier alpha value is -0.170. The molecule has 2 atom stereocenters. The number of hydrogen-bond donors (Lipinski definition) is 1. The molecule has 1 fully saturated rings. The second-order valence-electron chi connectivity index (χ2n) is 4.28. The number of nitrogens with one attached hydrogen (secondary N) is 1. The first-order chi connectivity index (χ1) is 9.15. The first-order valence-electron chi connectivity index (χ1n) is 6.21. The Morgan fingerprint density at radius 3 is 2.95 bits per heavy atom. The van der Waals surface area contributed by atoms with Crippen molar-refractivity contribution < 1.29 is 13.5 Å². The molecule has 0 bridgehead atoms. The Morgan fingerprint density at radius 2 is 2.32 bits per heavy atom. The second-order valence-corrected chi connectivity index (χ2v) is 6.28. The van der Waals surface area contributed by atoms with Gasteiger partial charge in [-0.2, -0.15) is 11.8 Å². The van der Waals surface area contributed by atoms with Crippen LogP contribution >= 0.6 is 27.7 Å². The predicted octanol–water partition coefficient (Wildman–Crippen LogP) is 3.51. The van der Waals surface area contributed by atoms with Crippen molar-refractivity contribution in [2.24, 2.45) is 0 Å². The van der Waals surface area contributed by atoms with E-state index in [1.807, 2.05) is 6.92 Å². The van der Waals surface area contributed by atoms with Gasteiger partial charge in [0.15, 0.2) is 0 Å². The summed E-state index contributed by atoms with van der Waals surface area (Å²) in [6.45, 7) is 3.16. The van der Waals surface area contributed by atoms with Gasteiger partial charge in [0, 0.05) is 17.1 Å². The molecule has 6 heteroatoms. The smallest absolute Gasteiger partial charge is 0.145 e. The van der Waals surface area contributed by atoms with Crippen molar-refractivity contribution in [2.75, 3.05) is 24.7 Å². The first kappa shape index (κ1) is 15.2. The van der Waals surface area contributed by atoms with Gasteiger partial charge in [-0.3, -0.25) is 0 Å². The largest absolute Gasteiger partial charge is 0.375 e. The van der Waals surface area contributed by atoms with Crippen LogP contribution in [0.25, 0.3) is 0 Å². The van der Waals surface area contributed by atoms with Crippen LogP contribution in [0.15, 0.2) is 16.6 Å². The van der Waals surface area contributed by atoms with Crippen LogP contribution in [-0.2, 0) is 4.74 Å². The Labute approximate surface area is 124 Å². The highest BCUT2D eigenvalue weighted by Crippen LogP contribution is 2.32. The lowest BCUT2D eigenvalue weighted by Gasteiger charge is -2.31. The molecule has 2 unspecified atom stereocenters. The van der Waals surface area contributed by atoms with Gasteiger partial charge >= 0.3 is 0 Å². The quantitative estimate of drug-likeness (QED) is 0.838. The summed E-state index contributed by atoms with van der Waals surface area (Å²) in [5.41, 5.74) is 0.0590. The van der Waals surface area contributed by atoms with Crippen LogP contribution in [0.5, 0.6) is 0 Å². The highest BCUT2D eigenvalue weighted by Gasteiger charge is 2.30. The maximum absolute atomic E-state index is 14.2. The molecule has 0 amide bonds. The van der Waals surface area contributed by atoms with E-state index in [2.05, 4.69) is 21.2 Å². The second kappa shape index (κ2) is 7.02. The van der Waals surface area contributed by atoms with E-state index in [1.165, 1.54) is 12.1 Å². The molecule has 19 heavy (non-hydrogen) atoms. The van der Waals surface area contributed by atoms with E-state index in [0.29, 0.717) is 13.2 Å². The standard InChI is InChI=1S/C13H16BrF2NOS/c1-2-17-13(10-7-19-6-5-18-10)11-9(15)4-3-8(14)12(11)16/h3-4,10,13,17H,2,5-7H2,1H3. The molecule has 1 saturated heterocycles. The van der Waals surface area contributed by atoms with E-state index in [1.54, 1.807) is 11.8 Å². The van der Waals surface area contributed by atoms with Gasteiger partial charge in [0.05, 0.1) is 23.2 Å². The number of benzene rings is 1. The molecule has 1 N–H and O–H groups in total. The van der Waals surface area contributed by atoms with Gasteiger partial charge in [0.2, 0.25) is 0 Å². The van der Waals surface area contributed by atoms with Crippen molar-refractivity contribution in [1.29, 1.82) is 0 Å². The van der Waals surface area contributed by atoms with Crippen molar-refractivity contribution in [3.63, 3.8) is 0 Å². The maximum atomic E-state index is 14.2. The number of hydrogen-bond acceptors (Lipinski definition) is 3. The molecular weight excluding hydrogens is 336 g/mol. The van der Waals surface area contributed by atoms with E-state index < -0.39 is 17.7 Å². The molecule has 106 valence electrons. The fourth-order valence-electron chi connectivity index (χ4n) is 2.17. The van der Waals surface area contributed by atoms with E-state index in [0.717, 1.165) is 11.5 Å². The van der Waals surface area contributed by atoms with Crippen molar-refractivity contribution in [3.8, 4) is 0 Å². The van der Waals surface area contributed by atoms with Crippen molar-refractivity contribution in [2.45, 2.75) is 19.1 Å². The number of likely N-dealkylation sites (N-methyl/N-ethyl adjacent to an activating group) is 1. The van der Waals surface area contributed by atoms with Gasteiger partial charge in [-0.05, 0) is 34.6 Å². The Bertz CT molecular complexity index is 441. The Morgan fingerprint density at radius 1 is 1.53 bits per heavy atom. The molecule has 1 aliphatic heterocycles. The van der Waals surface area contributed by atoms with E-state index in [9.17, 15) is 8.78 Å². The highest BCUT2D eigenvalue weighted by molar-refractivity contribution is 9.10. The topological polar surface area (TPSA) is 21.3 Å². The summed E-state index contributed by atoms with van der Waals surface area (Å²) < 4.78 is 34.1. The summed E-state index contributed by atoms with van der Waals surface area (Å²) in [6.07, 6.45) is -0.211. The zero-order chi connectivity index (χ0) is 13.8. The average Bonchev–Trinajstić information content (AvgIpc) is 2.43. The van der Waals surface area contributed by atoms with Crippen LogP contribution in [0.4, 0.5) is 8.78 Å². The summed E-state index contributed by atoms with van der Waals surface area (Å²) in [6, 6.07) is 2.20. The molecule has 1 aromatic rings. The molecule has 0 aromatic heterocycles. The van der Waals surface area contributed by atoms with E-state index in [4.69, 9.17) is 4.74 Å². The van der Waals surface area contributed by atoms with Gasteiger partial charge in [-0.25, -0.2) is 8.78 Å². The normalized spacial score (nSPS) is 21.4. The molecule has 1 aliphatic rings. The molecule has 0 spiro atoms. The lowest BCUT2D eigenvalue weighted by Crippen LogP contribution is -2.39. The minimum Gasteiger partial charge on any atom is -0.375 e. The fraction of sp³-hybridized carbons (Fsp3) is 0.538. The van der Waals surface area contributed by atoms with Crippen LogP contribution in [0.3, 0.4) is 0 Å². The minimum absolute atomic E-state index is 0.0590. The van der Waals surface area contributed by atoms with Gasteiger partial charge in [0.25, 0.3) is 0 Å². The van der Waals surface area contributed by atoms with Crippen molar-refractivity contribution >= 4 is 27.7 Å². The summed E-state index contributed by atoms with van der Waals surface area (Å²) in [4.78, 5) is 0. The summed E-state index contributed by atoms with van der Waals surface area (Å²) >= 11 is 4.85. The highest BCUT2D eigenvalue weighted by atomic mass is 79.9. The molecule has 0 aliphatic carbocycles. The zero-order valence-electron chi connectivity index (χ0n) is 10.6. The van der Waals surface area contributed by atoms with Crippen molar-refractivity contribution in [1.82, 2.24) is 5.32 Å². The molecule has 2 rings (SSSR count). The first-order valence-corrected chi connectivity index (χ1v) is 8.16. The SMILES string of the molecule is CCNC(c1c(F)ccc(Br)c1F)C1CSCCO1. The molecule has 0 radical (unpaired) electrons. The molecule has 2 nitrogen and oxygen atoms in total. The van der Waals surface area contributed by atoms with Gasteiger partial charge in [-0.15, -0.1) is 0 Å². The van der Waals surface area contributed by atoms with E-state index in [-0.39, 0.29) is 16.1 Å². The Balaban J connectivity index is 2.35. The summed E-state index contributed by atoms with van der Waals surface area (Å²) in [5.74, 6) is 0.581. The lowest BCUT2D eigenvalue weighted by atomic mass is 10.0. The van der Waals surface area contributed by atoms with Gasteiger partial charge in [0.1, 0.15) is 11.6 Å². The van der Waals surface area contributed by atoms with Crippen LogP contribution in [0.1, 0.15) is 18.5 Å². The lowest BCUT2D eigenvalue weighted by molar-refractivity contribution is 0.0452. The monoisotopic (exact) mass is 351 g/mol. The molecule has 1 aromatic carbocycles. The van der Waals surface area contributed by atoms with Crippen molar-refractivity contribution in [3.05, 3.63) is 33.8 Å². The van der Waals surface area contributed by atoms with Crippen LogP contribution in [-0.4, -0.2) is 30.8 Å². The number of thioether (sulfide) groups is 1. The van der Waals surface area contributed by atoms with Crippen LogP contribution in [0, 0.1) is 11.6 Å². The number of halogens is 3. The van der Waals surface area contributed by atoms with E-state index >= 15 is 0 Å². The maximum Gasteiger partial charge on any atom is 0.145 e. The van der Waals surface area contributed by atoms with Gasteiger partial charge in [-0.1, -0.05) is 6.92 Å². The molecule has 1 heterocycles. The molecular formula is C13H16BrF2NOS.